The lowest BCUT2D eigenvalue weighted by molar-refractivity contribution is 1.00. The van der Waals surface area contributed by atoms with E-state index in [2.05, 4.69) is 204 Å². The summed E-state index contributed by atoms with van der Waals surface area (Å²) in [7, 11) is 0. The maximum absolute atomic E-state index is 2.50. The molecule has 0 amide bonds. The van der Waals surface area contributed by atoms with E-state index >= 15 is 0 Å². The second-order valence-corrected chi connectivity index (χ2v) is 15.4. The Morgan fingerprint density at radius 2 is 1.05 bits per heavy atom. The third-order valence-electron chi connectivity index (χ3n) is 11.2. The molecule has 3 heteroatoms. The van der Waals surface area contributed by atoms with Gasteiger partial charge in [-0.1, -0.05) is 140 Å². The minimum absolute atomic E-state index is 1.05. The largest absolute Gasteiger partial charge is 0.310 e. The molecule has 8 aromatic carbocycles. The second-order valence-electron chi connectivity index (χ2n) is 14.4. The van der Waals surface area contributed by atoms with Crippen LogP contribution in [-0.4, -0.2) is 4.57 Å². The van der Waals surface area contributed by atoms with E-state index in [4.69, 9.17) is 0 Å². The number of fused-ring (bicyclic) bond motifs is 10. The van der Waals surface area contributed by atoms with E-state index in [0.717, 1.165) is 29.9 Å². The van der Waals surface area contributed by atoms with E-state index in [1.807, 2.05) is 11.3 Å². The lowest BCUT2D eigenvalue weighted by atomic mass is 9.89. The molecule has 0 saturated heterocycles. The summed E-state index contributed by atoms with van der Waals surface area (Å²) in [4.78, 5) is 2.40. The Labute approximate surface area is 324 Å². The Kier molecular flexibility index (Phi) is 7.53. The van der Waals surface area contributed by atoms with Crippen molar-refractivity contribution in [3.05, 3.63) is 199 Å². The van der Waals surface area contributed by atoms with Gasteiger partial charge in [-0.25, -0.2) is 0 Å². The lowest BCUT2D eigenvalue weighted by Gasteiger charge is -2.26. The Bertz CT molecular complexity index is 2960. The van der Waals surface area contributed by atoms with Gasteiger partial charge >= 0.3 is 0 Å². The van der Waals surface area contributed by atoms with E-state index in [-0.39, 0.29) is 0 Å². The van der Waals surface area contributed by atoms with Crippen molar-refractivity contribution in [2.75, 3.05) is 4.90 Å². The fraction of sp³-hybridized carbons (Fsp3) is 0.0385. The third-order valence-corrected chi connectivity index (χ3v) is 12.4. The van der Waals surface area contributed by atoms with Crippen LogP contribution in [0, 0.1) is 0 Å². The van der Waals surface area contributed by atoms with Crippen LogP contribution in [-0.2, 0) is 6.42 Å². The zero-order chi connectivity index (χ0) is 36.3. The van der Waals surface area contributed by atoms with E-state index < -0.39 is 0 Å². The zero-order valence-electron chi connectivity index (χ0n) is 30.2. The van der Waals surface area contributed by atoms with Crippen LogP contribution >= 0.6 is 11.3 Å². The van der Waals surface area contributed by atoms with Crippen LogP contribution in [0.25, 0.3) is 76.0 Å². The number of hydrogen-bond donors (Lipinski definition) is 0. The van der Waals surface area contributed by atoms with Gasteiger partial charge in [0.05, 0.1) is 15.7 Å². The first kappa shape index (κ1) is 31.8. The van der Waals surface area contributed by atoms with Gasteiger partial charge in [-0.05, 0) is 101 Å². The summed E-state index contributed by atoms with van der Waals surface area (Å²) in [6.45, 7) is 0. The van der Waals surface area contributed by atoms with Gasteiger partial charge in [0, 0.05) is 49.0 Å². The maximum atomic E-state index is 2.50. The van der Waals surface area contributed by atoms with Crippen molar-refractivity contribution in [2.24, 2.45) is 0 Å². The molecular weight excluding hydrogens is 685 g/mol. The molecular formula is C52H36N2S. The molecule has 1 aliphatic rings. The summed E-state index contributed by atoms with van der Waals surface area (Å²) in [6.07, 6.45) is 6.86. The highest BCUT2D eigenvalue weighted by atomic mass is 32.1. The predicted molar refractivity (Wildman–Crippen MR) is 237 cm³/mol. The fourth-order valence-electron chi connectivity index (χ4n) is 8.74. The number of para-hydroxylation sites is 2. The number of anilines is 3. The van der Waals surface area contributed by atoms with Crippen LogP contribution in [0.15, 0.2) is 188 Å². The highest BCUT2D eigenvalue weighted by molar-refractivity contribution is 7.26. The molecule has 0 fully saturated rings. The van der Waals surface area contributed by atoms with Gasteiger partial charge < -0.3 is 9.47 Å². The summed E-state index contributed by atoms with van der Waals surface area (Å²) < 4.78 is 5.16. The molecule has 0 spiro atoms. The van der Waals surface area contributed by atoms with Crippen LogP contribution in [0.3, 0.4) is 0 Å². The molecule has 10 aromatic rings. The number of allylic oxidation sites excluding steroid dienone is 1. The molecule has 260 valence electrons. The van der Waals surface area contributed by atoms with Crippen LogP contribution < -0.4 is 4.90 Å². The van der Waals surface area contributed by atoms with Crippen molar-refractivity contribution < 1.29 is 0 Å². The molecule has 0 N–H and O–H groups in total. The standard InChI is InChI=1S/C52H36N2S/c1-4-14-35(15-5-1)37-24-28-40(29-25-37)53(41-30-26-38(27-31-41)36-16-6-2-7-17-36)42-32-33-46-48(34-42)55-52-50(46)44-21-11-10-20-43(44)49-45-22-12-13-23-47(45)54(51(49)52)39-18-8-3-9-19-39/h1-10,12-20,22-34H,11,21H2. The van der Waals surface area contributed by atoms with Crippen LogP contribution in [0.4, 0.5) is 17.1 Å². The lowest BCUT2D eigenvalue weighted by Crippen LogP contribution is -2.09. The molecule has 11 rings (SSSR count). The Hall–Kier alpha value is -6.68. The van der Waals surface area contributed by atoms with Crippen molar-refractivity contribution in [2.45, 2.75) is 12.8 Å². The summed E-state index contributed by atoms with van der Waals surface area (Å²) in [5.74, 6) is 0. The highest BCUT2D eigenvalue weighted by Crippen LogP contribution is 2.49. The first-order valence-corrected chi connectivity index (χ1v) is 19.9. The number of thiophene rings is 1. The zero-order valence-corrected chi connectivity index (χ0v) is 31.0. The minimum atomic E-state index is 1.05. The first-order valence-electron chi connectivity index (χ1n) is 19.1. The highest BCUT2D eigenvalue weighted by Gasteiger charge is 2.25. The number of benzene rings is 8. The molecule has 1 aliphatic carbocycles. The van der Waals surface area contributed by atoms with E-state index in [1.165, 1.54) is 81.0 Å². The minimum Gasteiger partial charge on any atom is -0.310 e. The van der Waals surface area contributed by atoms with Crippen LogP contribution in [0.2, 0.25) is 0 Å². The van der Waals surface area contributed by atoms with Gasteiger partial charge in [0.25, 0.3) is 0 Å². The summed E-state index contributed by atoms with van der Waals surface area (Å²) in [5.41, 5.74) is 14.9. The van der Waals surface area contributed by atoms with Crippen molar-refractivity contribution in [1.82, 2.24) is 4.57 Å². The van der Waals surface area contributed by atoms with Crippen LogP contribution in [0.5, 0.6) is 0 Å². The van der Waals surface area contributed by atoms with E-state index in [1.54, 1.807) is 0 Å². The summed E-state index contributed by atoms with van der Waals surface area (Å²) >= 11 is 1.94. The molecule has 0 saturated carbocycles. The molecule has 0 radical (unpaired) electrons. The summed E-state index contributed by atoms with van der Waals surface area (Å²) in [6, 6.07) is 66.2. The van der Waals surface area contributed by atoms with Crippen molar-refractivity contribution >= 4 is 76.5 Å². The molecule has 0 unspecified atom stereocenters. The Morgan fingerprint density at radius 3 is 1.71 bits per heavy atom. The number of nitrogens with zero attached hydrogens (tertiary/aromatic N) is 2. The number of hydrogen-bond acceptors (Lipinski definition) is 2. The molecule has 2 aromatic heterocycles. The van der Waals surface area contributed by atoms with Gasteiger partial charge in [-0.15, -0.1) is 11.3 Å². The quantitative estimate of drug-likeness (QED) is 0.166. The number of aromatic nitrogens is 1. The molecule has 0 bridgehead atoms. The van der Waals surface area contributed by atoms with Gasteiger partial charge in [-0.2, -0.15) is 0 Å². The van der Waals surface area contributed by atoms with Gasteiger partial charge in [0.1, 0.15) is 0 Å². The van der Waals surface area contributed by atoms with Crippen molar-refractivity contribution in [3.8, 4) is 27.9 Å². The normalized spacial score (nSPS) is 12.5. The predicted octanol–water partition coefficient (Wildman–Crippen LogP) is 14.9. The van der Waals surface area contributed by atoms with Gasteiger partial charge in [0.2, 0.25) is 0 Å². The molecule has 55 heavy (non-hydrogen) atoms. The van der Waals surface area contributed by atoms with E-state index in [9.17, 15) is 0 Å². The first-order chi connectivity index (χ1) is 27.3. The average Bonchev–Trinajstić information content (AvgIpc) is 3.82. The van der Waals surface area contributed by atoms with Crippen molar-refractivity contribution in [1.29, 1.82) is 0 Å². The second kappa shape index (κ2) is 13.0. The Balaban J connectivity index is 1.14. The van der Waals surface area contributed by atoms with Gasteiger partial charge in [0.15, 0.2) is 0 Å². The number of rotatable bonds is 6. The molecule has 0 aliphatic heterocycles. The monoisotopic (exact) mass is 720 g/mol. The average molecular weight is 721 g/mol. The fourth-order valence-corrected chi connectivity index (χ4v) is 10.0. The molecule has 2 heterocycles. The molecule has 0 atom stereocenters. The Morgan fingerprint density at radius 1 is 0.491 bits per heavy atom. The third kappa shape index (κ3) is 5.23. The topological polar surface area (TPSA) is 8.17 Å². The van der Waals surface area contributed by atoms with Gasteiger partial charge in [-0.3, -0.25) is 0 Å². The maximum Gasteiger partial charge on any atom is 0.0726 e. The SMILES string of the molecule is C1=Cc2c(c3c4ccc(N(c5ccc(-c6ccccc6)cc5)c5ccc(-c6ccccc6)cc5)cc4sc3c3c2c2ccccc2n3-c2ccccc2)CC1. The van der Waals surface area contributed by atoms with Crippen molar-refractivity contribution in [3.63, 3.8) is 0 Å². The molecule has 2 nitrogen and oxygen atoms in total. The number of aryl methyl sites for hydroxylation is 1. The smallest absolute Gasteiger partial charge is 0.0726 e. The van der Waals surface area contributed by atoms with Crippen LogP contribution in [0.1, 0.15) is 17.5 Å². The van der Waals surface area contributed by atoms with E-state index in [0.29, 0.717) is 0 Å². The summed E-state index contributed by atoms with van der Waals surface area (Å²) in [5, 5.41) is 5.42.